The van der Waals surface area contributed by atoms with Crippen molar-refractivity contribution in [2.24, 2.45) is 0 Å². The molecule has 2 aromatic carbocycles. The van der Waals surface area contributed by atoms with E-state index in [1.165, 1.54) is 5.56 Å². The molecule has 1 aliphatic rings. The molecule has 0 spiro atoms. The number of hydrogen-bond donors (Lipinski definition) is 0. The summed E-state index contributed by atoms with van der Waals surface area (Å²) in [6.07, 6.45) is -0.0314. The van der Waals surface area contributed by atoms with Crippen LogP contribution in [0.4, 0.5) is 0 Å². The summed E-state index contributed by atoms with van der Waals surface area (Å²) >= 11 is 0. The van der Waals surface area contributed by atoms with Gasteiger partial charge in [0, 0.05) is 5.54 Å². The third-order valence-corrected chi connectivity index (χ3v) is 4.09. The number of hydrogen-bond acceptors (Lipinski definition) is 4. The zero-order chi connectivity index (χ0) is 17.2. The Kier molecular flexibility index (Phi) is 4.90. The highest BCUT2D eigenvalue weighted by Crippen LogP contribution is 2.39. The second kappa shape index (κ2) is 6.93. The molecule has 0 saturated carbocycles. The molecule has 4 nitrogen and oxygen atoms in total. The van der Waals surface area contributed by atoms with Crippen LogP contribution in [0.3, 0.4) is 0 Å². The van der Waals surface area contributed by atoms with Crippen molar-refractivity contribution in [1.29, 1.82) is 0 Å². The fourth-order valence-electron chi connectivity index (χ4n) is 2.80. The van der Waals surface area contributed by atoms with Gasteiger partial charge in [-0.1, -0.05) is 42.5 Å². The molecule has 2 radical (unpaired) electrons. The molecule has 1 fully saturated rings. The Bertz CT molecular complexity index is 650. The van der Waals surface area contributed by atoms with Crippen LogP contribution in [0.2, 0.25) is 0 Å². The summed E-state index contributed by atoms with van der Waals surface area (Å²) < 4.78 is 5.27. The molecule has 0 aromatic heterocycles. The maximum absolute atomic E-state index is 5.80. The van der Waals surface area contributed by atoms with Crippen molar-refractivity contribution < 1.29 is 9.57 Å². The molecule has 0 aliphatic carbocycles. The Morgan fingerprint density at radius 3 is 2.29 bits per heavy atom. The molecule has 2 aromatic rings. The van der Waals surface area contributed by atoms with Gasteiger partial charge in [-0.2, -0.15) is 5.06 Å². The SMILES string of the molecule is COc1ccc(C2N(Cc3ccccc3)O[C]N2C(C)(C)C)cc1. The van der Waals surface area contributed by atoms with Gasteiger partial charge in [0.05, 0.1) is 13.7 Å². The lowest BCUT2D eigenvalue weighted by atomic mass is 10.0. The lowest BCUT2D eigenvalue weighted by Gasteiger charge is -2.36. The fraction of sp³-hybridized carbons (Fsp3) is 0.350. The Morgan fingerprint density at radius 2 is 1.71 bits per heavy atom. The zero-order valence-corrected chi connectivity index (χ0v) is 14.7. The van der Waals surface area contributed by atoms with Gasteiger partial charge in [-0.3, -0.25) is 4.84 Å². The van der Waals surface area contributed by atoms with Crippen LogP contribution < -0.4 is 4.74 Å². The van der Waals surface area contributed by atoms with Crippen LogP contribution in [0, 0.1) is 6.73 Å². The normalized spacial score (nSPS) is 19.6. The van der Waals surface area contributed by atoms with Gasteiger partial charge in [-0.05, 0) is 44.0 Å². The van der Waals surface area contributed by atoms with Crippen LogP contribution in [-0.4, -0.2) is 22.6 Å². The predicted molar refractivity (Wildman–Crippen MR) is 93.6 cm³/mol. The summed E-state index contributed by atoms with van der Waals surface area (Å²) in [5.74, 6) is 0.850. The Balaban J connectivity index is 1.89. The summed E-state index contributed by atoms with van der Waals surface area (Å²) in [7, 11) is 1.68. The van der Waals surface area contributed by atoms with Crippen LogP contribution in [0.25, 0.3) is 0 Å². The van der Waals surface area contributed by atoms with Gasteiger partial charge in [0.15, 0.2) is 0 Å². The van der Waals surface area contributed by atoms with Crippen molar-refractivity contribution in [3.63, 3.8) is 0 Å². The van der Waals surface area contributed by atoms with E-state index in [1.54, 1.807) is 7.11 Å². The number of nitrogens with zero attached hydrogens (tertiary/aromatic N) is 2. The van der Waals surface area contributed by atoms with Crippen LogP contribution in [0.15, 0.2) is 54.6 Å². The number of rotatable bonds is 4. The number of benzene rings is 2. The average Bonchev–Trinajstić information content (AvgIpc) is 3.00. The highest BCUT2D eigenvalue weighted by atomic mass is 16.7. The van der Waals surface area contributed by atoms with Crippen molar-refractivity contribution in [3.8, 4) is 5.75 Å². The standard InChI is InChI=1S/C20H24N2O2/c1-20(2,3)21-15-24-22(14-16-8-6-5-7-9-16)19(21)17-10-12-18(23-4)13-11-17/h5-13,19H,14H2,1-4H3. The fourth-order valence-corrected chi connectivity index (χ4v) is 2.80. The molecule has 24 heavy (non-hydrogen) atoms. The Labute approximate surface area is 144 Å². The summed E-state index contributed by atoms with van der Waals surface area (Å²) in [5, 5.41) is 1.96. The average molecular weight is 324 g/mol. The maximum Gasteiger partial charge on any atom is 0.244 e. The van der Waals surface area contributed by atoms with Crippen molar-refractivity contribution in [3.05, 3.63) is 72.5 Å². The van der Waals surface area contributed by atoms with Gasteiger partial charge in [-0.15, -0.1) is 0 Å². The minimum Gasteiger partial charge on any atom is -0.497 e. The van der Waals surface area contributed by atoms with Gasteiger partial charge in [0.2, 0.25) is 6.73 Å². The van der Waals surface area contributed by atoms with E-state index in [4.69, 9.17) is 9.57 Å². The first-order valence-electron chi connectivity index (χ1n) is 8.15. The summed E-state index contributed by atoms with van der Waals surface area (Å²) in [5.41, 5.74) is 2.25. The van der Waals surface area contributed by atoms with Gasteiger partial charge in [0.25, 0.3) is 0 Å². The molecule has 1 unspecified atom stereocenters. The van der Waals surface area contributed by atoms with Crippen LogP contribution >= 0.6 is 0 Å². The number of methoxy groups -OCH3 is 1. The first-order valence-corrected chi connectivity index (χ1v) is 8.15. The minimum atomic E-state index is -0.101. The third-order valence-electron chi connectivity index (χ3n) is 4.09. The summed E-state index contributed by atoms with van der Waals surface area (Å²) in [4.78, 5) is 7.92. The van der Waals surface area contributed by atoms with Gasteiger partial charge >= 0.3 is 0 Å². The number of hydroxylamine groups is 2. The minimum absolute atomic E-state index is 0.0314. The van der Waals surface area contributed by atoms with Crippen molar-refractivity contribution in [1.82, 2.24) is 9.96 Å². The molecule has 1 saturated heterocycles. The molecule has 0 N–H and O–H groups in total. The quantitative estimate of drug-likeness (QED) is 0.840. The largest absolute Gasteiger partial charge is 0.497 e. The highest BCUT2D eigenvalue weighted by Gasteiger charge is 2.41. The Morgan fingerprint density at radius 1 is 1.04 bits per heavy atom. The van der Waals surface area contributed by atoms with Crippen LogP contribution in [0.5, 0.6) is 5.75 Å². The van der Waals surface area contributed by atoms with E-state index in [0.29, 0.717) is 6.54 Å². The van der Waals surface area contributed by atoms with Crippen LogP contribution in [-0.2, 0) is 11.4 Å². The molecular weight excluding hydrogens is 300 g/mol. The topological polar surface area (TPSA) is 24.9 Å². The molecule has 1 heterocycles. The molecule has 1 atom stereocenters. The lowest BCUT2D eigenvalue weighted by molar-refractivity contribution is -0.123. The first-order chi connectivity index (χ1) is 11.5. The monoisotopic (exact) mass is 324 g/mol. The lowest BCUT2D eigenvalue weighted by Crippen LogP contribution is -2.41. The summed E-state index contributed by atoms with van der Waals surface area (Å²) in [6, 6.07) is 18.4. The van der Waals surface area contributed by atoms with E-state index < -0.39 is 0 Å². The Hall–Kier alpha value is -1.88. The molecular formula is C20H24N2O2. The molecule has 4 heteroatoms. The van der Waals surface area contributed by atoms with E-state index in [1.807, 2.05) is 35.4 Å². The van der Waals surface area contributed by atoms with Crippen molar-refractivity contribution >= 4 is 0 Å². The predicted octanol–water partition coefficient (Wildman–Crippen LogP) is 4.24. The van der Waals surface area contributed by atoms with E-state index >= 15 is 0 Å². The molecule has 3 rings (SSSR count). The van der Waals surface area contributed by atoms with Gasteiger partial charge < -0.3 is 4.74 Å². The van der Waals surface area contributed by atoms with E-state index in [0.717, 1.165) is 11.3 Å². The van der Waals surface area contributed by atoms with Crippen molar-refractivity contribution in [2.45, 2.75) is 39.0 Å². The van der Waals surface area contributed by atoms with E-state index in [2.05, 4.69) is 56.7 Å². The second-order valence-electron chi connectivity index (χ2n) is 6.93. The van der Waals surface area contributed by atoms with Gasteiger partial charge in [-0.25, -0.2) is 4.90 Å². The highest BCUT2D eigenvalue weighted by molar-refractivity contribution is 5.29. The van der Waals surface area contributed by atoms with Crippen LogP contribution in [0.1, 0.15) is 38.1 Å². The molecule has 0 bridgehead atoms. The third kappa shape index (κ3) is 3.61. The van der Waals surface area contributed by atoms with E-state index in [9.17, 15) is 0 Å². The van der Waals surface area contributed by atoms with Gasteiger partial charge in [0.1, 0.15) is 11.9 Å². The number of ether oxygens (including phenoxy) is 1. The zero-order valence-electron chi connectivity index (χ0n) is 14.7. The summed E-state index contributed by atoms with van der Waals surface area (Å²) in [6.45, 7) is 10.2. The van der Waals surface area contributed by atoms with E-state index in [-0.39, 0.29) is 11.7 Å². The van der Waals surface area contributed by atoms with Crippen molar-refractivity contribution in [2.75, 3.05) is 7.11 Å². The molecule has 126 valence electrons. The smallest absolute Gasteiger partial charge is 0.244 e. The second-order valence-corrected chi connectivity index (χ2v) is 6.93. The molecule has 1 aliphatic heterocycles. The first kappa shape index (κ1) is 17.0. The maximum atomic E-state index is 5.80. The molecule has 0 amide bonds.